The summed E-state index contributed by atoms with van der Waals surface area (Å²) >= 11 is 19.0. The molecule has 3 heterocycles. The van der Waals surface area contributed by atoms with Crippen molar-refractivity contribution in [2.24, 2.45) is 4.99 Å². The molecule has 0 bridgehead atoms. The van der Waals surface area contributed by atoms with Crippen molar-refractivity contribution in [3.63, 3.8) is 0 Å². The number of hydrogen-bond acceptors (Lipinski definition) is 7. The molecule has 2 N–H and O–H groups in total. The number of benzene rings is 2. The number of amides is 2. The minimum Gasteiger partial charge on any atom is -0.469 e. The Kier molecular flexibility index (Phi) is 7.69. The van der Waals surface area contributed by atoms with Crippen LogP contribution in [0.2, 0.25) is 15.1 Å². The van der Waals surface area contributed by atoms with Crippen LogP contribution in [-0.2, 0) is 11.4 Å². The van der Waals surface area contributed by atoms with E-state index in [0.717, 1.165) is 12.3 Å². The third-order valence-electron chi connectivity index (χ3n) is 5.48. The highest BCUT2D eigenvalue weighted by Crippen LogP contribution is 2.34. The fraction of sp³-hybridized carbons (Fsp3) is 0.0769. The van der Waals surface area contributed by atoms with E-state index in [0.29, 0.717) is 27.7 Å². The summed E-state index contributed by atoms with van der Waals surface area (Å²) in [5.74, 6) is -2.18. The summed E-state index contributed by atoms with van der Waals surface area (Å²) < 4.78 is 19.7. The Morgan fingerprint density at radius 3 is 2.49 bits per heavy atom. The fourth-order valence-electron chi connectivity index (χ4n) is 3.77. The first-order valence-electron chi connectivity index (χ1n) is 11.3. The normalized spacial score (nSPS) is 14.5. The number of hydrogen-bond donors (Lipinski definition) is 2. The molecule has 1 aliphatic rings. The monoisotopic (exact) mass is 584 g/mol. The zero-order chi connectivity index (χ0) is 27.5. The van der Waals surface area contributed by atoms with Gasteiger partial charge in [0.1, 0.15) is 18.0 Å². The van der Waals surface area contributed by atoms with Crippen molar-refractivity contribution in [3.8, 4) is 5.88 Å². The summed E-state index contributed by atoms with van der Waals surface area (Å²) in [7, 11) is 0. The van der Waals surface area contributed by atoms with Crippen molar-refractivity contribution in [1.82, 2.24) is 20.3 Å². The number of pyridine rings is 1. The summed E-state index contributed by atoms with van der Waals surface area (Å²) in [4.78, 5) is 42.9. The van der Waals surface area contributed by atoms with Crippen molar-refractivity contribution in [2.45, 2.75) is 12.8 Å². The second kappa shape index (κ2) is 11.3. The quantitative estimate of drug-likeness (QED) is 0.325. The van der Waals surface area contributed by atoms with E-state index >= 15 is 0 Å². The minimum atomic E-state index is -1.46. The van der Waals surface area contributed by atoms with Crippen molar-refractivity contribution in [1.29, 1.82) is 0 Å². The van der Waals surface area contributed by atoms with Gasteiger partial charge in [-0.2, -0.15) is 0 Å². The van der Waals surface area contributed by atoms with Gasteiger partial charge in [-0.25, -0.2) is 24.3 Å². The number of anilines is 1. The number of para-hydroxylation sites is 1. The van der Waals surface area contributed by atoms with Crippen LogP contribution < -0.4 is 15.4 Å². The van der Waals surface area contributed by atoms with Gasteiger partial charge in [-0.05, 0) is 30.3 Å². The minimum absolute atomic E-state index is 0.130. The Bertz CT molecular complexity index is 1600. The number of aromatic nitrogens is 3. The Balaban J connectivity index is 1.51. The highest BCUT2D eigenvalue weighted by atomic mass is 35.5. The van der Waals surface area contributed by atoms with Crippen LogP contribution in [0.3, 0.4) is 0 Å². The molecule has 2 aromatic carbocycles. The standard InChI is InChI=1S/C26H16Cl3FN6O3/c27-13-8-17(28)21(18(29)9-13)22-15-4-1-2-5-19(15)34-25(38)23(35-22)36-24(37)16-10-14(30)11-33-26(16)39-12-20-31-6-3-7-32-20/h1-11,23H,12H2,(H,34,38)(H,36,37)/t23-/m0/s1. The summed E-state index contributed by atoms with van der Waals surface area (Å²) in [6.45, 7) is -0.130. The van der Waals surface area contributed by atoms with Gasteiger partial charge >= 0.3 is 0 Å². The number of nitrogens with zero attached hydrogens (tertiary/aromatic N) is 4. The van der Waals surface area contributed by atoms with E-state index in [1.54, 1.807) is 30.3 Å². The summed E-state index contributed by atoms with van der Waals surface area (Å²) in [5, 5.41) is 5.93. The number of carbonyl (C=O) groups is 2. The second-order valence-electron chi connectivity index (χ2n) is 8.09. The Morgan fingerprint density at radius 1 is 1.03 bits per heavy atom. The highest BCUT2D eigenvalue weighted by Gasteiger charge is 2.30. The van der Waals surface area contributed by atoms with Crippen LogP contribution in [0.1, 0.15) is 27.3 Å². The van der Waals surface area contributed by atoms with Gasteiger partial charge in [0, 0.05) is 28.5 Å². The van der Waals surface area contributed by atoms with Crippen LogP contribution in [0.5, 0.6) is 5.88 Å². The average molecular weight is 586 g/mol. The summed E-state index contributed by atoms with van der Waals surface area (Å²) in [5.41, 5.74) is 1.20. The Hall–Kier alpha value is -4.12. The highest BCUT2D eigenvalue weighted by molar-refractivity contribution is 6.44. The lowest BCUT2D eigenvalue weighted by molar-refractivity contribution is -0.117. The number of carbonyl (C=O) groups excluding carboxylic acids is 2. The lowest BCUT2D eigenvalue weighted by atomic mass is 10.0. The molecule has 0 unspecified atom stereocenters. The molecule has 0 fully saturated rings. The molecule has 0 aliphatic carbocycles. The van der Waals surface area contributed by atoms with Crippen LogP contribution in [0, 0.1) is 5.82 Å². The molecule has 39 heavy (non-hydrogen) atoms. The van der Waals surface area contributed by atoms with Gasteiger partial charge in [0.2, 0.25) is 12.0 Å². The molecule has 196 valence electrons. The average Bonchev–Trinajstić information content (AvgIpc) is 3.04. The molecule has 4 aromatic rings. The van der Waals surface area contributed by atoms with Gasteiger partial charge < -0.3 is 15.4 Å². The molecule has 0 spiro atoms. The summed E-state index contributed by atoms with van der Waals surface area (Å²) in [6, 6.07) is 12.4. The van der Waals surface area contributed by atoms with Gasteiger partial charge in [0.25, 0.3) is 11.8 Å². The lowest BCUT2D eigenvalue weighted by Crippen LogP contribution is -2.42. The van der Waals surface area contributed by atoms with E-state index in [1.165, 1.54) is 24.5 Å². The molecular formula is C26H16Cl3FN6O3. The molecule has 9 nitrogen and oxygen atoms in total. The second-order valence-corrected chi connectivity index (χ2v) is 9.34. The summed E-state index contributed by atoms with van der Waals surface area (Å²) in [6.07, 6.45) is 2.48. The first-order valence-corrected chi connectivity index (χ1v) is 12.4. The Morgan fingerprint density at radius 2 is 1.74 bits per heavy atom. The van der Waals surface area contributed by atoms with Gasteiger partial charge in [-0.1, -0.05) is 53.0 Å². The smallest absolute Gasteiger partial charge is 0.269 e. The molecule has 2 aromatic heterocycles. The van der Waals surface area contributed by atoms with E-state index in [9.17, 15) is 14.0 Å². The van der Waals surface area contributed by atoms with Crippen LogP contribution in [0.15, 0.2) is 72.1 Å². The van der Waals surface area contributed by atoms with E-state index in [2.05, 4.69) is 30.6 Å². The van der Waals surface area contributed by atoms with E-state index in [1.807, 2.05) is 0 Å². The zero-order valence-electron chi connectivity index (χ0n) is 19.7. The molecule has 0 radical (unpaired) electrons. The first-order chi connectivity index (χ1) is 18.8. The number of benzodiazepines with no additional fused rings is 1. The predicted octanol–water partition coefficient (Wildman–Crippen LogP) is 5.10. The maximum Gasteiger partial charge on any atom is 0.269 e. The molecule has 0 saturated carbocycles. The van der Waals surface area contributed by atoms with Crippen LogP contribution in [0.25, 0.3) is 0 Å². The number of fused-ring (bicyclic) bond motifs is 1. The third kappa shape index (κ3) is 5.83. The first kappa shape index (κ1) is 26.5. The lowest BCUT2D eigenvalue weighted by Gasteiger charge is -2.16. The maximum absolute atomic E-state index is 14.1. The van der Waals surface area contributed by atoms with E-state index < -0.39 is 23.8 Å². The molecule has 13 heteroatoms. The van der Waals surface area contributed by atoms with Gasteiger partial charge in [0.05, 0.1) is 27.6 Å². The Labute approximate surface area is 236 Å². The van der Waals surface area contributed by atoms with Gasteiger partial charge in [-0.15, -0.1) is 0 Å². The van der Waals surface area contributed by atoms with Crippen molar-refractivity contribution in [2.75, 3.05) is 5.32 Å². The van der Waals surface area contributed by atoms with E-state index in [-0.39, 0.29) is 33.8 Å². The molecule has 2 amide bonds. The molecule has 5 rings (SSSR count). The fourth-order valence-corrected chi connectivity index (χ4v) is 4.76. The number of aliphatic imine (C=N–C) groups is 1. The number of halogens is 4. The zero-order valence-corrected chi connectivity index (χ0v) is 21.9. The van der Waals surface area contributed by atoms with Crippen molar-refractivity contribution < 1.29 is 18.7 Å². The molecule has 1 aliphatic heterocycles. The van der Waals surface area contributed by atoms with Crippen LogP contribution >= 0.6 is 34.8 Å². The number of rotatable bonds is 6. The van der Waals surface area contributed by atoms with Crippen molar-refractivity contribution in [3.05, 3.63) is 111 Å². The third-order valence-corrected chi connectivity index (χ3v) is 6.29. The van der Waals surface area contributed by atoms with Crippen molar-refractivity contribution >= 4 is 58.0 Å². The van der Waals surface area contributed by atoms with Crippen LogP contribution in [0.4, 0.5) is 10.1 Å². The molecular weight excluding hydrogens is 570 g/mol. The predicted molar refractivity (Wildman–Crippen MR) is 144 cm³/mol. The molecule has 0 saturated heterocycles. The number of nitrogens with one attached hydrogen (secondary N) is 2. The largest absolute Gasteiger partial charge is 0.469 e. The maximum atomic E-state index is 14.1. The topological polar surface area (TPSA) is 118 Å². The van der Waals surface area contributed by atoms with Gasteiger partial charge in [-0.3, -0.25) is 9.59 Å². The van der Waals surface area contributed by atoms with E-state index in [4.69, 9.17) is 39.5 Å². The molecule has 1 atom stereocenters. The number of ether oxygens (including phenoxy) is 1. The van der Waals surface area contributed by atoms with Crippen LogP contribution in [-0.4, -0.2) is 38.6 Å². The van der Waals surface area contributed by atoms with Gasteiger partial charge in [0.15, 0.2) is 5.82 Å². The SMILES string of the molecule is O=C(N[C@@H]1N=C(c2c(Cl)cc(Cl)cc2Cl)c2ccccc2NC1=O)c1cc(F)cnc1OCc1ncccn1.